The number of amides is 1. The van der Waals surface area contributed by atoms with Crippen molar-refractivity contribution in [3.05, 3.63) is 70.9 Å². The summed E-state index contributed by atoms with van der Waals surface area (Å²) in [7, 11) is 0. The van der Waals surface area contributed by atoms with Gasteiger partial charge in [-0.25, -0.2) is 0 Å². The normalized spacial score (nSPS) is 15.3. The molecular weight excluding hydrogens is 446 g/mol. The number of halogens is 1. The Morgan fingerprint density at radius 1 is 1.09 bits per heavy atom. The maximum atomic E-state index is 12.6. The molecule has 5 nitrogen and oxygen atoms in total. The number of aromatic nitrogens is 1. The molecule has 0 radical (unpaired) electrons. The number of piperidine rings is 1. The van der Waals surface area contributed by atoms with Crippen molar-refractivity contribution in [2.75, 3.05) is 26.2 Å². The molecule has 1 fully saturated rings. The average molecular weight is 482 g/mol. The molecule has 2 aromatic carbocycles. The summed E-state index contributed by atoms with van der Waals surface area (Å²) in [6, 6.07) is 19.0. The third-order valence-electron chi connectivity index (χ3n) is 6.57. The van der Waals surface area contributed by atoms with E-state index in [2.05, 4.69) is 57.2 Å². The van der Waals surface area contributed by atoms with Gasteiger partial charge in [0.25, 0.3) is 0 Å². The first-order valence-electron chi connectivity index (χ1n) is 12.4. The number of carbonyl (C=O) groups is 1. The van der Waals surface area contributed by atoms with Crippen molar-refractivity contribution in [1.82, 2.24) is 14.8 Å². The molecule has 3 aromatic rings. The highest BCUT2D eigenvalue weighted by atomic mass is 35.5. The average Bonchev–Trinajstić information content (AvgIpc) is 3.17. The highest BCUT2D eigenvalue weighted by Gasteiger charge is 2.25. The van der Waals surface area contributed by atoms with Crippen molar-refractivity contribution in [2.24, 2.45) is 5.92 Å². The number of fused-ring (bicyclic) bond motifs is 1. The predicted molar refractivity (Wildman–Crippen MR) is 139 cm³/mol. The van der Waals surface area contributed by atoms with Gasteiger partial charge in [-0.15, -0.1) is 0 Å². The SMILES string of the molecule is CC(C)OCCCNC(=O)C1CCN(Cc2cc3ccccc3n2Cc2ccc(Cl)cc2)CC1. The Kier molecular flexibility index (Phi) is 8.65. The lowest BCUT2D eigenvalue weighted by Crippen LogP contribution is -2.40. The Morgan fingerprint density at radius 2 is 1.82 bits per heavy atom. The Labute approximate surface area is 208 Å². The van der Waals surface area contributed by atoms with Crippen molar-refractivity contribution in [2.45, 2.75) is 52.3 Å². The topological polar surface area (TPSA) is 46.5 Å². The van der Waals surface area contributed by atoms with E-state index in [-0.39, 0.29) is 17.9 Å². The summed E-state index contributed by atoms with van der Waals surface area (Å²) in [5.41, 5.74) is 3.80. The van der Waals surface area contributed by atoms with E-state index in [4.69, 9.17) is 16.3 Å². The molecule has 1 saturated heterocycles. The molecule has 2 heterocycles. The second-order valence-corrected chi connectivity index (χ2v) is 9.96. The number of benzene rings is 2. The van der Waals surface area contributed by atoms with Crippen molar-refractivity contribution in [1.29, 1.82) is 0 Å². The highest BCUT2D eigenvalue weighted by molar-refractivity contribution is 6.30. The third-order valence-corrected chi connectivity index (χ3v) is 6.82. The first-order chi connectivity index (χ1) is 16.5. The lowest BCUT2D eigenvalue weighted by molar-refractivity contribution is -0.126. The summed E-state index contributed by atoms with van der Waals surface area (Å²) >= 11 is 6.09. The van der Waals surface area contributed by atoms with Gasteiger partial charge in [-0.05, 0) is 81.4 Å². The Morgan fingerprint density at radius 3 is 2.56 bits per heavy atom. The molecule has 0 aliphatic carbocycles. The van der Waals surface area contributed by atoms with Crippen LogP contribution in [0, 0.1) is 5.92 Å². The minimum atomic E-state index is 0.113. The van der Waals surface area contributed by atoms with Crippen LogP contribution in [0.2, 0.25) is 5.02 Å². The van der Waals surface area contributed by atoms with Gasteiger partial charge >= 0.3 is 0 Å². The number of nitrogens with zero attached hydrogens (tertiary/aromatic N) is 2. The zero-order valence-electron chi connectivity index (χ0n) is 20.3. The third kappa shape index (κ3) is 6.62. The fraction of sp³-hybridized carbons (Fsp3) is 0.464. The van der Waals surface area contributed by atoms with Crippen LogP contribution in [0.5, 0.6) is 0 Å². The zero-order chi connectivity index (χ0) is 23.9. The van der Waals surface area contributed by atoms with E-state index in [1.165, 1.54) is 22.2 Å². The summed E-state index contributed by atoms with van der Waals surface area (Å²) in [6.45, 7) is 9.04. The molecule has 1 N–H and O–H groups in total. The number of rotatable bonds is 10. The number of hydrogen-bond acceptors (Lipinski definition) is 3. The van der Waals surface area contributed by atoms with Crippen LogP contribution in [0.3, 0.4) is 0 Å². The lowest BCUT2D eigenvalue weighted by Gasteiger charge is -2.31. The van der Waals surface area contributed by atoms with Gasteiger partial charge in [-0.3, -0.25) is 9.69 Å². The maximum Gasteiger partial charge on any atom is 0.223 e. The monoisotopic (exact) mass is 481 g/mol. The van der Waals surface area contributed by atoms with Crippen LogP contribution in [0.25, 0.3) is 10.9 Å². The molecule has 1 amide bonds. The zero-order valence-corrected chi connectivity index (χ0v) is 21.1. The molecule has 0 saturated carbocycles. The van der Waals surface area contributed by atoms with Gasteiger partial charge < -0.3 is 14.6 Å². The van der Waals surface area contributed by atoms with Crippen molar-refractivity contribution < 1.29 is 9.53 Å². The molecule has 0 atom stereocenters. The number of para-hydroxylation sites is 1. The number of hydrogen-bond donors (Lipinski definition) is 1. The Balaban J connectivity index is 1.34. The number of likely N-dealkylation sites (tertiary alicyclic amines) is 1. The summed E-state index contributed by atoms with van der Waals surface area (Å²) in [4.78, 5) is 15.1. The van der Waals surface area contributed by atoms with E-state index in [0.717, 1.165) is 50.5 Å². The number of ether oxygens (including phenoxy) is 1. The quantitative estimate of drug-likeness (QED) is 0.390. The number of nitrogens with one attached hydrogen (secondary N) is 1. The van der Waals surface area contributed by atoms with Crippen LogP contribution in [0.1, 0.15) is 44.4 Å². The van der Waals surface area contributed by atoms with Crippen molar-refractivity contribution in [3.63, 3.8) is 0 Å². The standard InChI is InChI=1S/C28H36ClN3O2/c1-21(2)34-17-5-14-30-28(33)23-12-15-31(16-13-23)20-26-18-24-6-3-4-7-27(24)32(26)19-22-8-10-25(29)11-9-22/h3-4,6-11,18,21,23H,5,12-17,19-20H2,1-2H3,(H,30,33). The predicted octanol–water partition coefficient (Wildman–Crippen LogP) is 5.49. The van der Waals surface area contributed by atoms with Crippen LogP contribution in [0.4, 0.5) is 0 Å². The molecule has 1 aliphatic heterocycles. The van der Waals surface area contributed by atoms with E-state index in [0.29, 0.717) is 13.2 Å². The molecule has 4 rings (SSSR count). The van der Waals surface area contributed by atoms with Gasteiger partial charge in [0.05, 0.1) is 6.10 Å². The van der Waals surface area contributed by atoms with Gasteiger partial charge in [-0.1, -0.05) is 41.9 Å². The molecule has 6 heteroatoms. The first kappa shape index (κ1) is 24.8. The van der Waals surface area contributed by atoms with Crippen molar-refractivity contribution >= 4 is 28.4 Å². The van der Waals surface area contributed by atoms with E-state index < -0.39 is 0 Å². The summed E-state index contributed by atoms with van der Waals surface area (Å²) in [6.07, 6.45) is 2.92. The van der Waals surface area contributed by atoms with Crippen LogP contribution in [-0.4, -0.2) is 47.7 Å². The second-order valence-electron chi connectivity index (χ2n) is 9.52. The minimum absolute atomic E-state index is 0.113. The first-order valence-corrected chi connectivity index (χ1v) is 12.8. The van der Waals surface area contributed by atoms with Crippen LogP contribution >= 0.6 is 11.6 Å². The molecule has 182 valence electrons. The maximum absolute atomic E-state index is 12.6. The van der Waals surface area contributed by atoms with Crippen LogP contribution in [0.15, 0.2) is 54.6 Å². The number of carbonyl (C=O) groups excluding carboxylic acids is 1. The molecule has 0 unspecified atom stereocenters. The smallest absolute Gasteiger partial charge is 0.223 e. The molecule has 0 spiro atoms. The van der Waals surface area contributed by atoms with Gasteiger partial charge in [0.2, 0.25) is 5.91 Å². The lowest BCUT2D eigenvalue weighted by atomic mass is 9.96. The van der Waals surface area contributed by atoms with E-state index in [9.17, 15) is 4.79 Å². The van der Waals surface area contributed by atoms with E-state index in [1.54, 1.807) is 0 Å². The van der Waals surface area contributed by atoms with Crippen molar-refractivity contribution in [3.8, 4) is 0 Å². The Bertz CT molecular complexity index is 1070. The largest absolute Gasteiger partial charge is 0.379 e. The summed E-state index contributed by atoms with van der Waals surface area (Å²) in [5, 5.41) is 5.12. The minimum Gasteiger partial charge on any atom is -0.379 e. The van der Waals surface area contributed by atoms with Crippen LogP contribution < -0.4 is 5.32 Å². The molecule has 1 aromatic heterocycles. The van der Waals surface area contributed by atoms with Gasteiger partial charge in [0, 0.05) is 48.4 Å². The second kappa shape index (κ2) is 11.9. The summed E-state index contributed by atoms with van der Waals surface area (Å²) in [5.74, 6) is 0.309. The summed E-state index contributed by atoms with van der Waals surface area (Å²) < 4.78 is 7.96. The fourth-order valence-corrected chi connectivity index (χ4v) is 4.81. The van der Waals surface area contributed by atoms with Crippen LogP contribution in [-0.2, 0) is 22.6 Å². The fourth-order valence-electron chi connectivity index (χ4n) is 4.69. The molecule has 0 bridgehead atoms. The Hall–Kier alpha value is -2.34. The van der Waals surface area contributed by atoms with Gasteiger partial charge in [-0.2, -0.15) is 0 Å². The molecular formula is C28H36ClN3O2. The van der Waals surface area contributed by atoms with E-state index in [1.807, 2.05) is 26.0 Å². The molecule has 1 aliphatic rings. The van der Waals surface area contributed by atoms with Gasteiger partial charge in [0.1, 0.15) is 0 Å². The highest BCUT2D eigenvalue weighted by Crippen LogP contribution is 2.25. The van der Waals surface area contributed by atoms with E-state index >= 15 is 0 Å². The molecule has 34 heavy (non-hydrogen) atoms. The van der Waals surface area contributed by atoms with Gasteiger partial charge in [0.15, 0.2) is 0 Å².